The Hall–Kier alpha value is -1.05. The summed E-state index contributed by atoms with van der Waals surface area (Å²) in [5.41, 5.74) is 4.92. The van der Waals surface area contributed by atoms with Gasteiger partial charge in [-0.25, -0.2) is 17.2 Å². The number of sulfonamides is 1. The van der Waals surface area contributed by atoms with Crippen LogP contribution in [0.15, 0.2) is 17.0 Å². The first-order chi connectivity index (χ1) is 9.93. The molecule has 0 radical (unpaired) electrons. The molecule has 1 aliphatic rings. The summed E-state index contributed by atoms with van der Waals surface area (Å²) in [6.07, 6.45) is 3.49. The molecule has 0 heterocycles. The van der Waals surface area contributed by atoms with E-state index in [1.807, 2.05) is 0 Å². The van der Waals surface area contributed by atoms with E-state index in [1.165, 1.54) is 4.31 Å². The van der Waals surface area contributed by atoms with E-state index in [0.717, 1.165) is 37.8 Å². The number of rotatable bonds is 5. The second-order valence-corrected chi connectivity index (χ2v) is 7.05. The fourth-order valence-corrected chi connectivity index (χ4v) is 4.69. The predicted molar refractivity (Wildman–Crippen MR) is 76.1 cm³/mol. The minimum absolute atomic E-state index is 0.106. The van der Waals surface area contributed by atoms with Crippen molar-refractivity contribution in [3.05, 3.63) is 29.3 Å². The van der Waals surface area contributed by atoms with Crippen molar-refractivity contribution in [2.24, 2.45) is 5.73 Å². The highest BCUT2D eigenvalue weighted by Gasteiger charge is 2.34. The SMILES string of the molecule is CCN(C1CCCC1)S(=O)(=O)c1ccc(F)c(CN)c1F. The molecule has 1 aromatic rings. The third-order valence-corrected chi connectivity index (χ3v) is 6.03. The lowest BCUT2D eigenvalue weighted by atomic mass is 10.2. The van der Waals surface area contributed by atoms with Crippen LogP contribution in [0.5, 0.6) is 0 Å². The molecule has 0 aliphatic heterocycles. The van der Waals surface area contributed by atoms with E-state index in [4.69, 9.17) is 5.73 Å². The maximum Gasteiger partial charge on any atom is 0.246 e. The van der Waals surface area contributed by atoms with Crippen LogP contribution in [-0.2, 0) is 16.6 Å². The summed E-state index contributed by atoms with van der Waals surface area (Å²) in [5.74, 6) is -1.90. The molecule has 1 aliphatic carbocycles. The molecule has 0 unspecified atom stereocenters. The van der Waals surface area contributed by atoms with Crippen molar-refractivity contribution in [3.63, 3.8) is 0 Å². The van der Waals surface area contributed by atoms with Crippen molar-refractivity contribution in [3.8, 4) is 0 Å². The van der Waals surface area contributed by atoms with Gasteiger partial charge in [-0.15, -0.1) is 0 Å². The maximum atomic E-state index is 14.3. The van der Waals surface area contributed by atoms with Gasteiger partial charge in [0.1, 0.15) is 10.7 Å². The maximum absolute atomic E-state index is 14.3. The molecule has 118 valence electrons. The van der Waals surface area contributed by atoms with Crippen molar-refractivity contribution >= 4 is 10.0 Å². The molecular formula is C14H20F2N2O2S. The molecule has 0 spiro atoms. The summed E-state index contributed by atoms with van der Waals surface area (Å²) in [5, 5.41) is 0. The molecule has 0 aromatic heterocycles. The zero-order valence-corrected chi connectivity index (χ0v) is 12.8. The molecule has 4 nitrogen and oxygen atoms in total. The number of hydrogen-bond donors (Lipinski definition) is 1. The zero-order chi connectivity index (χ0) is 15.6. The van der Waals surface area contributed by atoms with Crippen molar-refractivity contribution in [1.82, 2.24) is 4.31 Å². The van der Waals surface area contributed by atoms with Crippen LogP contribution in [-0.4, -0.2) is 25.3 Å². The van der Waals surface area contributed by atoms with Crippen LogP contribution in [0.3, 0.4) is 0 Å². The third-order valence-electron chi connectivity index (χ3n) is 3.99. The van der Waals surface area contributed by atoms with Gasteiger partial charge in [0.2, 0.25) is 10.0 Å². The van der Waals surface area contributed by atoms with Crippen LogP contribution in [0.4, 0.5) is 8.78 Å². The Bertz CT molecular complexity index is 614. The minimum Gasteiger partial charge on any atom is -0.326 e. The molecule has 1 aromatic carbocycles. The lowest BCUT2D eigenvalue weighted by Crippen LogP contribution is -2.39. The van der Waals surface area contributed by atoms with Gasteiger partial charge in [-0.05, 0) is 25.0 Å². The highest BCUT2D eigenvalue weighted by molar-refractivity contribution is 7.89. The van der Waals surface area contributed by atoms with Gasteiger partial charge in [-0.2, -0.15) is 4.31 Å². The molecule has 0 bridgehead atoms. The summed E-state index contributed by atoms with van der Waals surface area (Å²) in [4.78, 5) is -0.488. The Labute approximate surface area is 124 Å². The molecule has 2 rings (SSSR count). The minimum atomic E-state index is -3.98. The highest BCUT2D eigenvalue weighted by atomic mass is 32.2. The van der Waals surface area contributed by atoms with E-state index >= 15 is 0 Å². The highest BCUT2D eigenvalue weighted by Crippen LogP contribution is 2.30. The smallest absolute Gasteiger partial charge is 0.246 e. The normalized spacial score (nSPS) is 16.8. The van der Waals surface area contributed by atoms with Gasteiger partial charge in [-0.1, -0.05) is 19.8 Å². The second-order valence-electron chi connectivity index (χ2n) is 5.19. The average molecular weight is 318 g/mol. The largest absolute Gasteiger partial charge is 0.326 e. The average Bonchev–Trinajstić information content (AvgIpc) is 2.93. The Morgan fingerprint density at radius 3 is 2.43 bits per heavy atom. The van der Waals surface area contributed by atoms with Gasteiger partial charge in [0.15, 0.2) is 5.82 Å². The monoisotopic (exact) mass is 318 g/mol. The second kappa shape index (κ2) is 6.37. The van der Waals surface area contributed by atoms with E-state index < -0.39 is 32.1 Å². The molecule has 21 heavy (non-hydrogen) atoms. The van der Waals surface area contributed by atoms with Crippen molar-refractivity contribution in [1.29, 1.82) is 0 Å². The molecule has 0 saturated heterocycles. The van der Waals surface area contributed by atoms with Crippen molar-refractivity contribution in [2.75, 3.05) is 6.54 Å². The van der Waals surface area contributed by atoms with Crippen molar-refractivity contribution in [2.45, 2.75) is 50.1 Å². The summed E-state index contributed by atoms with van der Waals surface area (Å²) >= 11 is 0. The van der Waals surface area contributed by atoms with Crippen LogP contribution in [0.2, 0.25) is 0 Å². The molecule has 0 amide bonds. The van der Waals surface area contributed by atoms with Gasteiger partial charge >= 0.3 is 0 Å². The summed E-state index contributed by atoms with van der Waals surface area (Å²) in [6.45, 7) is 1.61. The molecule has 7 heteroatoms. The molecule has 2 N–H and O–H groups in total. The van der Waals surface area contributed by atoms with Gasteiger partial charge in [-0.3, -0.25) is 0 Å². The third kappa shape index (κ3) is 2.95. The Morgan fingerprint density at radius 1 is 1.29 bits per heavy atom. The zero-order valence-electron chi connectivity index (χ0n) is 12.0. The number of nitrogens with zero attached hydrogens (tertiary/aromatic N) is 1. The molecule has 1 saturated carbocycles. The lowest BCUT2D eigenvalue weighted by molar-refractivity contribution is 0.333. The van der Waals surface area contributed by atoms with Gasteiger partial charge in [0, 0.05) is 24.7 Å². The Balaban J connectivity index is 2.47. The number of hydrogen-bond acceptors (Lipinski definition) is 3. The summed E-state index contributed by atoms with van der Waals surface area (Å²) in [6, 6.07) is 1.84. The first-order valence-corrected chi connectivity index (χ1v) is 8.56. The Kier molecular flexibility index (Phi) is 4.95. The summed E-state index contributed by atoms with van der Waals surface area (Å²) < 4.78 is 54.4. The topological polar surface area (TPSA) is 63.4 Å². The van der Waals surface area contributed by atoms with Crippen LogP contribution in [0, 0.1) is 11.6 Å². The van der Waals surface area contributed by atoms with E-state index in [1.54, 1.807) is 6.92 Å². The van der Waals surface area contributed by atoms with Gasteiger partial charge < -0.3 is 5.73 Å². The van der Waals surface area contributed by atoms with Crippen LogP contribution in [0.25, 0.3) is 0 Å². The fraction of sp³-hybridized carbons (Fsp3) is 0.571. The van der Waals surface area contributed by atoms with Crippen LogP contribution < -0.4 is 5.73 Å². The van der Waals surface area contributed by atoms with Crippen LogP contribution in [0.1, 0.15) is 38.2 Å². The fourth-order valence-electron chi connectivity index (χ4n) is 2.91. The quantitative estimate of drug-likeness (QED) is 0.906. The molecule has 1 fully saturated rings. The van der Waals surface area contributed by atoms with E-state index in [9.17, 15) is 17.2 Å². The first-order valence-electron chi connectivity index (χ1n) is 7.12. The predicted octanol–water partition coefficient (Wildman–Crippen LogP) is 2.38. The van der Waals surface area contributed by atoms with E-state index in [2.05, 4.69) is 0 Å². The lowest BCUT2D eigenvalue weighted by Gasteiger charge is -2.27. The molecule has 0 atom stereocenters. The van der Waals surface area contributed by atoms with Crippen LogP contribution >= 0.6 is 0 Å². The first kappa shape index (κ1) is 16.3. The number of halogens is 2. The van der Waals surface area contributed by atoms with E-state index in [-0.39, 0.29) is 19.1 Å². The van der Waals surface area contributed by atoms with Gasteiger partial charge in [0.25, 0.3) is 0 Å². The standard InChI is InChI=1S/C14H20F2N2O2S/c1-2-18(10-5-3-4-6-10)21(19,20)13-8-7-12(15)11(9-17)14(13)16/h7-8,10H,2-6,9,17H2,1H3. The summed E-state index contributed by atoms with van der Waals surface area (Å²) in [7, 11) is -3.98. The van der Waals surface area contributed by atoms with E-state index in [0.29, 0.717) is 0 Å². The molecular weight excluding hydrogens is 298 g/mol. The Morgan fingerprint density at radius 2 is 1.90 bits per heavy atom. The van der Waals surface area contributed by atoms with Gasteiger partial charge in [0.05, 0.1) is 0 Å². The number of benzene rings is 1. The number of nitrogens with two attached hydrogens (primary N) is 1. The van der Waals surface area contributed by atoms with Crippen molar-refractivity contribution < 1.29 is 17.2 Å².